The fraction of sp³-hybridized carbons (Fsp3) is 0.214. The lowest BCUT2D eigenvalue weighted by atomic mass is 10.3. The maximum Gasteiger partial charge on any atom is 0.258 e. The number of pyridine rings is 1. The Hall–Kier alpha value is -2.47. The van der Waals surface area contributed by atoms with Crippen molar-refractivity contribution in [1.82, 2.24) is 24.5 Å². The number of fused-ring (bicyclic) bond motifs is 1. The lowest BCUT2D eigenvalue weighted by molar-refractivity contribution is 0.551. The van der Waals surface area contributed by atoms with Gasteiger partial charge < -0.3 is 5.32 Å². The van der Waals surface area contributed by atoms with E-state index in [0.29, 0.717) is 12.2 Å². The molecular formula is C14H15N5O. The molecule has 0 saturated heterocycles. The minimum Gasteiger partial charge on any atom is -0.309 e. The van der Waals surface area contributed by atoms with Crippen LogP contribution >= 0.6 is 0 Å². The van der Waals surface area contributed by atoms with Crippen molar-refractivity contribution >= 4 is 5.65 Å². The van der Waals surface area contributed by atoms with Crippen molar-refractivity contribution in [2.24, 2.45) is 0 Å². The molecular weight excluding hydrogens is 254 g/mol. The molecule has 0 aromatic carbocycles. The quantitative estimate of drug-likeness (QED) is 0.692. The molecule has 3 aromatic heterocycles. The molecule has 0 saturated carbocycles. The van der Waals surface area contributed by atoms with E-state index in [1.807, 2.05) is 35.1 Å². The number of hydrogen-bond acceptors (Lipinski definition) is 4. The Labute approximate surface area is 115 Å². The van der Waals surface area contributed by atoms with Crippen LogP contribution in [0.15, 0.2) is 53.7 Å². The average molecular weight is 269 g/mol. The van der Waals surface area contributed by atoms with Crippen molar-refractivity contribution in [3.8, 4) is 0 Å². The van der Waals surface area contributed by atoms with Crippen molar-refractivity contribution in [2.75, 3.05) is 6.54 Å². The van der Waals surface area contributed by atoms with Crippen LogP contribution in [0.5, 0.6) is 0 Å². The molecule has 0 aliphatic rings. The Balaban J connectivity index is 1.64. The Morgan fingerprint density at radius 2 is 2.15 bits per heavy atom. The van der Waals surface area contributed by atoms with E-state index in [-0.39, 0.29) is 5.56 Å². The van der Waals surface area contributed by atoms with Crippen LogP contribution in [0.1, 0.15) is 5.69 Å². The van der Waals surface area contributed by atoms with Gasteiger partial charge in [-0.15, -0.1) is 0 Å². The lowest BCUT2D eigenvalue weighted by Gasteiger charge is -2.06. The van der Waals surface area contributed by atoms with Crippen molar-refractivity contribution in [1.29, 1.82) is 0 Å². The molecule has 0 unspecified atom stereocenters. The molecule has 6 nitrogen and oxygen atoms in total. The van der Waals surface area contributed by atoms with Crippen LogP contribution in [-0.4, -0.2) is 25.7 Å². The zero-order valence-electron chi connectivity index (χ0n) is 10.9. The predicted molar refractivity (Wildman–Crippen MR) is 75.4 cm³/mol. The number of nitrogens with one attached hydrogen (secondary N) is 1. The van der Waals surface area contributed by atoms with Crippen molar-refractivity contribution in [3.05, 3.63) is 65.0 Å². The van der Waals surface area contributed by atoms with Crippen LogP contribution < -0.4 is 10.9 Å². The van der Waals surface area contributed by atoms with Gasteiger partial charge in [-0.1, -0.05) is 6.07 Å². The van der Waals surface area contributed by atoms with Gasteiger partial charge in [-0.2, -0.15) is 5.10 Å². The summed E-state index contributed by atoms with van der Waals surface area (Å²) < 4.78 is 3.39. The van der Waals surface area contributed by atoms with E-state index in [0.717, 1.165) is 18.8 Å². The Morgan fingerprint density at radius 1 is 1.20 bits per heavy atom. The highest BCUT2D eigenvalue weighted by atomic mass is 16.1. The summed E-state index contributed by atoms with van der Waals surface area (Å²) in [4.78, 5) is 16.3. The monoisotopic (exact) mass is 269 g/mol. The van der Waals surface area contributed by atoms with Gasteiger partial charge in [0.15, 0.2) is 0 Å². The highest BCUT2D eigenvalue weighted by Gasteiger charge is 2.01. The first-order valence-electron chi connectivity index (χ1n) is 6.48. The number of hydrogen-bond donors (Lipinski definition) is 1. The molecule has 0 amide bonds. The highest BCUT2D eigenvalue weighted by molar-refractivity contribution is 5.37. The molecule has 0 aliphatic carbocycles. The fourth-order valence-electron chi connectivity index (χ4n) is 2.04. The maximum absolute atomic E-state index is 11.9. The minimum absolute atomic E-state index is 0.0560. The van der Waals surface area contributed by atoms with Gasteiger partial charge in [0, 0.05) is 37.7 Å². The van der Waals surface area contributed by atoms with Gasteiger partial charge in [-0.05, 0) is 18.2 Å². The van der Waals surface area contributed by atoms with Crippen LogP contribution in [0.4, 0.5) is 0 Å². The Morgan fingerprint density at radius 3 is 3.00 bits per heavy atom. The molecule has 0 atom stereocenters. The van der Waals surface area contributed by atoms with Gasteiger partial charge >= 0.3 is 0 Å². The van der Waals surface area contributed by atoms with Gasteiger partial charge in [0.1, 0.15) is 5.65 Å². The third kappa shape index (κ3) is 2.75. The first kappa shape index (κ1) is 12.6. The molecule has 0 aliphatic heterocycles. The second kappa shape index (κ2) is 5.66. The van der Waals surface area contributed by atoms with Gasteiger partial charge in [0.25, 0.3) is 5.56 Å². The first-order valence-corrected chi connectivity index (χ1v) is 6.48. The average Bonchev–Trinajstić information content (AvgIpc) is 2.97. The highest BCUT2D eigenvalue weighted by Crippen LogP contribution is 1.98. The van der Waals surface area contributed by atoms with Gasteiger partial charge in [-0.25, -0.2) is 4.98 Å². The molecule has 0 fully saturated rings. The van der Waals surface area contributed by atoms with E-state index >= 15 is 0 Å². The number of rotatable bonds is 5. The molecule has 0 bridgehead atoms. The maximum atomic E-state index is 11.9. The van der Waals surface area contributed by atoms with Crippen molar-refractivity contribution in [2.45, 2.75) is 13.1 Å². The second-order valence-electron chi connectivity index (χ2n) is 4.46. The zero-order valence-corrected chi connectivity index (χ0v) is 10.9. The minimum atomic E-state index is -0.0560. The molecule has 20 heavy (non-hydrogen) atoms. The smallest absolute Gasteiger partial charge is 0.258 e. The summed E-state index contributed by atoms with van der Waals surface area (Å²) >= 11 is 0. The van der Waals surface area contributed by atoms with Crippen LogP contribution in [0.25, 0.3) is 5.65 Å². The molecule has 3 aromatic rings. The van der Waals surface area contributed by atoms with Crippen LogP contribution in [0.2, 0.25) is 0 Å². The van der Waals surface area contributed by atoms with E-state index in [9.17, 15) is 4.79 Å². The van der Waals surface area contributed by atoms with Crippen molar-refractivity contribution in [3.63, 3.8) is 0 Å². The standard InChI is InChI=1S/C14H15N5O/c20-14-10-12(17-13-4-1-2-8-19(13)14)11-15-6-9-18-7-3-5-16-18/h1-5,7-8,10,15H,6,9,11H2. The van der Waals surface area contributed by atoms with Crippen molar-refractivity contribution < 1.29 is 0 Å². The summed E-state index contributed by atoms with van der Waals surface area (Å²) in [5.41, 5.74) is 1.37. The summed E-state index contributed by atoms with van der Waals surface area (Å²) in [6.45, 7) is 2.14. The van der Waals surface area contributed by atoms with Gasteiger partial charge in [-0.3, -0.25) is 13.9 Å². The topological polar surface area (TPSA) is 64.2 Å². The summed E-state index contributed by atoms with van der Waals surface area (Å²) in [5.74, 6) is 0. The summed E-state index contributed by atoms with van der Waals surface area (Å²) in [6.07, 6.45) is 5.40. The molecule has 0 radical (unpaired) electrons. The lowest BCUT2D eigenvalue weighted by Crippen LogP contribution is -2.22. The second-order valence-corrected chi connectivity index (χ2v) is 4.46. The SMILES string of the molecule is O=c1cc(CNCCn2cccn2)nc2ccccn12. The number of nitrogens with zero attached hydrogens (tertiary/aromatic N) is 4. The first-order chi connectivity index (χ1) is 9.83. The summed E-state index contributed by atoms with van der Waals surface area (Å²) in [7, 11) is 0. The van der Waals surface area contributed by atoms with E-state index in [2.05, 4.69) is 15.4 Å². The molecule has 6 heteroatoms. The third-order valence-electron chi connectivity index (χ3n) is 3.01. The van der Waals surface area contributed by atoms with Gasteiger partial charge in [0.05, 0.1) is 12.2 Å². The molecule has 102 valence electrons. The molecule has 1 N–H and O–H groups in total. The predicted octanol–water partition coefficient (Wildman–Crippen LogP) is 0.681. The largest absolute Gasteiger partial charge is 0.309 e. The van der Waals surface area contributed by atoms with Crippen LogP contribution in [0.3, 0.4) is 0 Å². The molecule has 3 rings (SSSR count). The van der Waals surface area contributed by atoms with Gasteiger partial charge in [0.2, 0.25) is 0 Å². The van der Waals surface area contributed by atoms with Crippen LogP contribution in [-0.2, 0) is 13.1 Å². The van der Waals surface area contributed by atoms with E-state index in [1.165, 1.54) is 4.40 Å². The zero-order chi connectivity index (χ0) is 13.8. The molecule has 0 spiro atoms. The van der Waals surface area contributed by atoms with E-state index < -0.39 is 0 Å². The normalized spacial score (nSPS) is 11.0. The summed E-state index contributed by atoms with van der Waals surface area (Å²) in [5, 5.41) is 7.38. The van der Waals surface area contributed by atoms with E-state index in [4.69, 9.17) is 0 Å². The Kier molecular flexibility index (Phi) is 3.56. The third-order valence-corrected chi connectivity index (χ3v) is 3.01. The van der Waals surface area contributed by atoms with E-state index in [1.54, 1.807) is 18.5 Å². The molecule has 3 heterocycles. The fourth-order valence-corrected chi connectivity index (χ4v) is 2.04. The number of aromatic nitrogens is 4. The Bertz CT molecular complexity index is 748. The summed E-state index contributed by atoms with van der Waals surface area (Å²) in [6, 6.07) is 8.98. The van der Waals surface area contributed by atoms with Crippen LogP contribution in [0, 0.1) is 0 Å².